The van der Waals surface area contributed by atoms with Crippen LogP contribution in [0.5, 0.6) is 0 Å². The predicted octanol–water partition coefficient (Wildman–Crippen LogP) is 3.26. The molecule has 0 aromatic heterocycles. The summed E-state index contributed by atoms with van der Waals surface area (Å²) in [4.78, 5) is 0. The molecule has 0 bridgehead atoms. The fourth-order valence-electron chi connectivity index (χ4n) is 0.894. The lowest BCUT2D eigenvalue weighted by molar-refractivity contribution is 0.879. The molecule has 0 aliphatic carbocycles. The maximum Gasteiger partial charge on any atom is -0.0145 e. The second-order valence-electron chi connectivity index (χ2n) is 3.75. The fraction of sp³-hybridized carbons (Fsp3) is 1.00. The molecule has 1 unspecified atom stereocenters. The van der Waals surface area contributed by atoms with Gasteiger partial charge in [0.25, 0.3) is 0 Å². The molecular formula is C9H22S. The lowest BCUT2D eigenvalue weighted by Gasteiger charge is -2.41. The van der Waals surface area contributed by atoms with Gasteiger partial charge in [-0.05, 0) is 29.4 Å². The summed E-state index contributed by atoms with van der Waals surface area (Å²) in [5, 5.41) is 1.80. The molecule has 0 saturated heterocycles. The molecule has 10 heavy (non-hydrogen) atoms. The lowest BCUT2D eigenvalue weighted by Crippen LogP contribution is -2.19. The first-order valence-corrected chi connectivity index (χ1v) is 6.71. The van der Waals surface area contributed by atoms with Crippen molar-refractivity contribution >= 4 is 10.0 Å². The molecule has 1 atom stereocenters. The number of rotatable bonds is 3. The van der Waals surface area contributed by atoms with Crippen molar-refractivity contribution in [3.05, 3.63) is 0 Å². The van der Waals surface area contributed by atoms with Gasteiger partial charge < -0.3 is 0 Å². The van der Waals surface area contributed by atoms with E-state index < -0.39 is 0 Å². The average Bonchev–Trinajstić information content (AvgIpc) is 1.86. The summed E-state index contributed by atoms with van der Waals surface area (Å²) in [5.41, 5.74) is 0. The Hall–Kier alpha value is 0.350. The highest BCUT2D eigenvalue weighted by molar-refractivity contribution is 8.33. The van der Waals surface area contributed by atoms with Crippen LogP contribution in [-0.2, 0) is 0 Å². The molecule has 0 fully saturated rings. The molecule has 0 N–H and O–H groups in total. The topological polar surface area (TPSA) is 0 Å². The number of hydrogen-bond donors (Lipinski definition) is 0. The Morgan fingerprint density at radius 3 is 1.60 bits per heavy atom. The van der Waals surface area contributed by atoms with Crippen molar-refractivity contribution in [2.24, 2.45) is 0 Å². The monoisotopic (exact) mass is 162 g/mol. The molecular weight excluding hydrogens is 140 g/mol. The SMILES string of the molecule is CCC(C)S(C)(C)C(C)C. The summed E-state index contributed by atoms with van der Waals surface area (Å²) in [6.45, 7) is 9.38. The third kappa shape index (κ3) is 2.19. The van der Waals surface area contributed by atoms with Crippen LogP contribution in [0.15, 0.2) is 0 Å². The maximum atomic E-state index is 2.45. The van der Waals surface area contributed by atoms with Crippen LogP contribution >= 0.6 is 10.0 Å². The third-order valence-corrected chi connectivity index (χ3v) is 7.66. The first-order chi connectivity index (χ1) is 4.42. The fourth-order valence-corrected chi connectivity index (χ4v) is 2.68. The van der Waals surface area contributed by atoms with E-state index in [4.69, 9.17) is 0 Å². The molecule has 0 spiro atoms. The number of hydrogen-bond acceptors (Lipinski definition) is 0. The van der Waals surface area contributed by atoms with Crippen LogP contribution in [-0.4, -0.2) is 23.0 Å². The lowest BCUT2D eigenvalue weighted by atomic mass is 10.4. The molecule has 1 heteroatoms. The zero-order chi connectivity index (χ0) is 8.36. The molecule has 0 rings (SSSR count). The van der Waals surface area contributed by atoms with Crippen molar-refractivity contribution in [3.8, 4) is 0 Å². The van der Waals surface area contributed by atoms with Gasteiger partial charge in [-0.15, -0.1) is 0 Å². The Bertz CT molecular complexity index is 94.9. The molecule has 0 nitrogen and oxygen atoms in total. The molecule has 0 aliphatic heterocycles. The van der Waals surface area contributed by atoms with E-state index in [0.717, 1.165) is 10.5 Å². The summed E-state index contributed by atoms with van der Waals surface area (Å²) < 4.78 is 0. The zero-order valence-corrected chi connectivity index (χ0v) is 9.09. The molecule has 0 heterocycles. The summed E-state index contributed by atoms with van der Waals surface area (Å²) in [5.74, 6) is 0. The molecule has 0 amide bonds. The summed E-state index contributed by atoms with van der Waals surface area (Å²) in [6, 6.07) is 0. The van der Waals surface area contributed by atoms with Crippen molar-refractivity contribution in [1.82, 2.24) is 0 Å². The maximum absolute atomic E-state index is 2.45. The quantitative estimate of drug-likeness (QED) is 0.597. The van der Waals surface area contributed by atoms with E-state index >= 15 is 0 Å². The van der Waals surface area contributed by atoms with Gasteiger partial charge in [0, 0.05) is 0 Å². The highest BCUT2D eigenvalue weighted by Gasteiger charge is 2.21. The summed E-state index contributed by atoms with van der Waals surface area (Å²) in [7, 11) is -0.327. The predicted molar refractivity (Wildman–Crippen MR) is 54.3 cm³/mol. The van der Waals surface area contributed by atoms with E-state index in [1.165, 1.54) is 6.42 Å². The molecule has 0 saturated carbocycles. The third-order valence-electron chi connectivity index (χ3n) is 2.83. The largest absolute Gasteiger partial charge is 0.242 e. The molecule has 0 aromatic rings. The van der Waals surface area contributed by atoms with Gasteiger partial charge in [0.2, 0.25) is 0 Å². The van der Waals surface area contributed by atoms with Gasteiger partial charge in [-0.2, -0.15) is 0 Å². The Balaban J connectivity index is 4.09. The van der Waals surface area contributed by atoms with E-state index in [0.29, 0.717) is 0 Å². The molecule has 0 aliphatic rings. The van der Waals surface area contributed by atoms with E-state index in [-0.39, 0.29) is 10.0 Å². The summed E-state index contributed by atoms with van der Waals surface area (Å²) in [6.07, 6.45) is 6.23. The minimum absolute atomic E-state index is 0.327. The van der Waals surface area contributed by atoms with E-state index in [1.807, 2.05) is 0 Å². The molecule has 64 valence electrons. The van der Waals surface area contributed by atoms with Gasteiger partial charge >= 0.3 is 0 Å². The summed E-state index contributed by atoms with van der Waals surface area (Å²) >= 11 is 0. The second-order valence-corrected chi connectivity index (χ2v) is 8.48. The Morgan fingerprint density at radius 1 is 1.10 bits per heavy atom. The van der Waals surface area contributed by atoms with Gasteiger partial charge in [-0.1, -0.05) is 27.7 Å². The average molecular weight is 162 g/mol. The molecule has 0 aromatic carbocycles. The van der Waals surface area contributed by atoms with Crippen LogP contribution in [0.2, 0.25) is 0 Å². The van der Waals surface area contributed by atoms with Crippen molar-refractivity contribution < 1.29 is 0 Å². The van der Waals surface area contributed by atoms with Crippen LogP contribution in [0, 0.1) is 0 Å². The smallest absolute Gasteiger partial charge is 0.0145 e. The minimum atomic E-state index is -0.327. The van der Waals surface area contributed by atoms with E-state index in [1.54, 1.807) is 0 Å². The zero-order valence-electron chi connectivity index (χ0n) is 8.27. The van der Waals surface area contributed by atoms with Gasteiger partial charge in [-0.25, -0.2) is 10.0 Å². The van der Waals surface area contributed by atoms with Crippen molar-refractivity contribution in [1.29, 1.82) is 0 Å². The van der Waals surface area contributed by atoms with Crippen LogP contribution in [0.4, 0.5) is 0 Å². The van der Waals surface area contributed by atoms with Gasteiger partial charge in [-0.3, -0.25) is 0 Å². The minimum Gasteiger partial charge on any atom is -0.242 e. The second kappa shape index (κ2) is 3.66. The highest BCUT2D eigenvalue weighted by atomic mass is 32.3. The van der Waals surface area contributed by atoms with Gasteiger partial charge in [0.15, 0.2) is 0 Å². The van der Waals surface area contributed by atoms with E-state index in [9.17, 15) is 0 Å². The first kappa shape index (κ1) is 10.3. The highest BCUT2D eigenvalue weighted by Crippen LogP contribution is 2.50. The van der Waals surface area contributed by atoms with Crippen LogP contribution in [0.1, 0.15) is 34.1 Å². The van der Waals surface area contributed by atoms with Crippen molar-refractivity contribution in [2.75, 3.05) is 12.5 Å². The van der Waals surface area contributed by atoms with Crippen LogP contribution in [0.3, 0.4) is 0 Å². The van der Waals surface area contributed by atoms with E-state index in [2.05, 4.69) is 40.2 Å². The standard InChI is InChI=1S/C9H22S/c1-7-9(4)10(5,6)8(2)3/h8-9H,7H2,1-6H3. The van der Waals surface area contributed by atoms with Crippen LogP contribution < -0.4 is 0 Å². The Morgan fingerprint density at radius 2 is 1.50 bits per heavy atom. The Kier molecular flexibility index (Phi) is 3.79. The Labute approximate surface area is 67.7 Å². The normalized spacial score (nSPS) is 17.5. The van der Waals surface area contributed by atoms with Crippen molar-refractivity contribution in [2.45, 2.75) is 44.6 Å². The first-order valence-electron chi connectivity index (χ1n) is 4.14. The molecule has 0 radical (unpaired) electrons. The van der Waals surface area contributed by atoms with Crippen LogP contribution in [0.25, 0.3) is 0 Å². The van der Waals surface area contributed by atoms with Crippen molar-refractivity contribution in [3.63, 3.8) is 0 Å². The van der Waals surface area contributed by atoms with Gasteiger partial charge in [0.1, 0.15) is 0 Å². The van der Waals surface area contributed by atoms with Gasteiger partial charge in [0.05, 0.1) is 0 Å².